The molecule has 10 nitrogen and oxygen atoms in total. The number of rotatable bonds is 8. The Morgan fingerprint density at radius 3 is 2.32 bits per heavy atom. The molecular weight excluding hydrogens is 508 g/mol. The third kappa shape index (κ3) is 4.01. The van der Waals surface area contributed by atoms with Crippen LogP contribution in [0.1, 0.15) is 24.5 Å². The van der Waals surface area contributed by atoms with Crippen molar-refractivity contribution < 1.29 is 27.9 Å². The van der Waals surface area contributed by atoms with Crippen LogP contribution in [0.3, 0.4) is 0 Å². The van der Waals surface area contributed by atoms with Gasteiger partial charge in [0.15, 0.2) is 5.54 Å². The molecule has 0 aromatic heterocycles. The Morgan fingerprint density at radius 1 is 1.00 bits per heavy atom. The van der Waals surface area contributed by atoms with E-state index in [-0.39, 0.29) is 29.1 Å². The predicted molar refractivity (Wildman–Crippen MR) is 143 cm³/mol. The summed E-state index contributed by atoms with van der Waals surface area (Å²) in [5.41, 5.74) is -1.24. The highest BCUT2D eigenvalue weighted by atomic mass is 32.2. The van der Waals surface area contributed by atoms with Crippen LogP contribution in [0.25, 0.3) is 5.76 Å². The van der Waals surface area contributed by atoms with Gasteiger partial charge in [0, 0.05) is 38.3 Å². The number of carbonyl (C=O) groups is 3. The summed E-state index contributed by atoms with van der Waals surface area (Å²) in [7, 11) is 2.68. The number of fused-ring (bicyclic) bond motifs is 2. The second-order valence-corrected chi connectivity index (χ2v) is 11.9. The first-order valence-corrected chi connectivity index (χ1v) is 13.7. The van der Waals surface area contributed by atoms with Crippen LogP contribution in [0.2, 0.25) is 0 Å². The molecule has 0 aliphatic carbocycles. The number of likely N-dealkylation sites (N-methyl/N-ethyl adjacent to an activating group) is 1. The van der Waals surface area contributed by atoms with E-state index in [9.17, 15) is 27.9 Å². The van der Waals surface area contributed by atoms with Crippen molar-refractivity contribution in [1.29, 1.82) is 0 Å². The van der Waals surface area contributed by atoms with Crippen molar-refractivity contribution in [3.05, 3.63) is 65.2 Å². The number of sulfonamides is 1. The lowest BCUT2D eigenvalue weighted by Crippen LogP contribution is -2.52. The number of ketones is 1. The quantitative estimate of drug-likeness (QED) is 0.308. The highest BCUT2D eigenvalue weighted by Gasteiger charge is 2.66. The van der Waals surface area contributed by atoms with Crippen molar-refractivity contribution in [1.82, 2.24) is 14.1 Å². The molecule has 1 fully saturated rings. The largest absolute Gasteiger partial charge is 0.507 e. The number of Topliss-reactive ketones (excluding diaryl/α,β-unsaturated/α-hetero) is 1. The first kappa shape index (κ1) is 27.5. The third-order valence-electron chi connectivity index (χ3n) is 7.00. The Morgan fingerprint density at radius 2 is 1.68 bits per heavy atom. The lowest BCUT2D eigenvalue weighted by Gasteiger charge is -2.34. The van der Waals surface area contributed by atoms with E-state index in [0.717, 1.165) is 4.31 Å². The van der Waals surface area contributed by atoms with Crippen LogP contribution in [0.15, 0.2) is 59.0 Å². The van der Waals surface area contributed by atoms with Gasteiger partial charge in [-0.3, -0.25) is 14.4 Å². The average molecular weight is 541 g/mol. The fraction of sp³-hybridized carbons (Fsp3) is 0.370. The fourth-order valence-corrected chi connectivity index (χ4v) is 6.13. The van der Waals surface area contributed by atoms with Crippen LogP contribution >= 0.6 is 0 Å². The second-order valence-electron chi connectivity index (χ2n) is 9.76. The van der Waals surface area contributed by atoms with Gasteiger partial charge < -0.3 is 19.8 Å². The number of anilines is 1. The molecule has 202 valence electrons. The molecule has 1 saturated heterocycles. The van der Waals surface area contributed by atoms with Gasteiger partial charge in [0.05, 0.1) is 16.2 Å². The zero-order valence-electron chi connectivity index (χ0n) is 22.1. The number of carbonyl (C=O) groups excluding carboxylic acids is 3. The monoisotopic (exact) mass is 540 g/mol. The third-order valence-corrected chi connectivity index (χ3v) is 8.81. The Kier molecular flexibility index (Phi) is 7.21. The van der Waals surface area contributed by atoms with Crippen LogP contribution in [0, 0.1) is 0 Å². The van der Waals surface area contributed by atoms with E-state index in [1.54, 1.807) is 31.2 Å². The molecule has 1 unspecified atom stereocenters. The molecule has 1 spiro atoms. The minimum Gasteiger partial charge on any atom is -0.507 e. The lowest BCUT2D eigenvalue weighted by molar-refractivity contribution is -0.143. The average Bonchev–Trinajstić information content (AvgIpc) is 3.26. The second kappa shape index (κ2) is 9.97. The van der Waals surface area contributed by atoms with Crippen molar-refractivity contribution >= 4 is 39.1 Å². The maximum Gasteiger partial charge on any atom is 0.296 e. The summed E-state index contributed by atoms with van der Waals surface area (Å²) in [5.74, 6) is -2.99. The molecule has 4 rings (SSSR count). The molecule has 0 saturated carbocycles. The Hall–Kier alpha value is -3.54. The maximum atomic E-state index is 14.2. The van der Waals surface area contributed by atoms with E-state index in [0.29, 0.717) is 24.2 Å². The normalized spacial score (nSPS) is 20.9. The fourth-order valence-electron chi connectivity index (χ4n) is 5.18. The SMILES string of the molecule is CCN1C(=O)C2(/C(=C(\O)c3cccc(S(=O)(=O)N(C)C)c3)C(=O)C(=O)N2CCCN(C)C)c2ccccc21. The summed E-state index contributed by atoms with van der Waals surface area (Å²) >= 11 is 0. The van der Waals surface area contributed by atoms with Gasteiger partial charge in [0.2, 0.25) is 10.0 Å². The first-order valence-electron chi connectivity index (χ1n) is 12.3. The lowest BCUT2D eigenvalue weighted by atomic mass is 9.82. The number of aliphatic hydroxyl groups is 1. The molecule has 2 aliphatic heterocycles. The first-order chi connectivity index (χ1) is 17.9. The maximum absolute atomic E-state index is 14.2. The molecule has 2 aromatic rings. The van der Waals surface area contributed by atoms with E-state index in [4.69, 9.17) is 0 Å². The number of nitrogens with zero attached hydrogens (tertiary/aromatic N) is 4. The zero-order valence-corrected chi connectivity index (χ0v) is 22.9. The Bertz CT molecular complexity index is 1450. The van der Waals surface area contributed by atoms with Crippen molar-refractivity contribution in [2.45, 2.75) is 23.8 Å². The number of benzene rings is 2. The van der Waals surface area contributed by atoms with E-state index in [1.165, 1.54) is 48.2 Å². The molecule has 2 amide bonds. The van der Waals surface area contributed by atoms with Gasteiger partial charge in [-0.2, -0.15) is 0 Å². The van der Waals surface area contributed by atoms with E-state index >= 15 is 0 Å². The number of hydrogen-bond acceptors (Lipinski definition) is 7. The molecule has 38 heavy (non-hydrogen) atoms. The van der Waals surface area contributed by atoms with Gasteiger partial charge >= 0.3 is 0 Å². The molecule has 0 radical (unpaired) electrons. The van der Waals surface area contributed by atoms with Crippen LogP contribution in [-0.4, -0.2) is 93.1 Å². The summed E-state index contributed by atoms with van der Waals surface area (Å²) in [5, 5.41) is 11.6. The topological polar surface area (TPSA) is 119 Å². The smallest absolute Gasteiger partial charge is 0.296 e. The molecular formula is C27H32N4O6S. The Labute approximate surface area is 222 Å². The summed E-state index contributed by atoms with van der Waals surface area (Å²) in [4.78, 5) is 45.9. The minimum atomic E-state index is -3.85. The predicted octanol–water partition coefficient (Wildman–Crippen LogP) is 1.83. The number of hydrogen-bond donors (Lipinski definition) is 1. The van der Waals surface area contributed by atoms with Crippen molar-refractivity contribution in [2.24, 2.45) is 0 Å². The molecule has 11 heteroatoms. The van der Waals surface area contributed by atoms with E-state index in [2.05, 4.69) is 0 Å². The van der Waals surface area contributed by atoms with Gasteiger partial charge in [-0.15, -0.1) is 0 Å². The van der Waals surface area contributed by atoms with Gasteiger partial charge in [-0.05, 0) is 52.2 Å². The molecule has 1 atom stereocenters. The number of amides is 2. The van der Waals surface area contributed by atoms with E-state index < -0.39 is 38.9 Å². The highest BCUT2D eigenvalue weighted by Crippen LogP contribution is 2.53. The highest BCUT2D eigenvalue weighted by molar-refractivity contribution is 7.89. The van der Waals surface area contributed by atoms with Gasteiger partial charge in [-0.1, -0.05) is 30.3 Å². The van der Waals surface area contributed by atoms with Crippen LogP contribution in [0.4, 0.5) is 5.69 Å². The van der Waals surface area contributed by atoms with Crippen molar-refractivity contribution in [3.8, 4) is 0 Å². The summed E-state index contributed by atoms with van der Waals surface area (Å²) < 4.78 is 26.5. The van der Waals surface area contributed by atoms with Crippen LogP contribution in [0.5, 0.6) is 0 Å². The zero-order chi connectivity index (χ0) is 28.0. The van der Waals surface area contributed by atoms with Gasteiger partial charge in [0.25, 0.3) is 17.6 Å². The molecule has 1 N–H and O–H groups in total. The van der Waals surface area contributed by atoms with E-state index in [1.807, 2.05) is 19.0 Å². The van der Waals surface area contributed by atoms with Crippen molar-refractivity contribution in [3.63, 3.8) is 0 Å². The van der Waals surface area contributed by atoms with Gasteiger partial charge in [-0.25, -0.2) is 12.7 Å². The van der Waals surface area contributed by atoms with Gasteiger partial charge in [0.1, 0.15) is 5.76 Å². The standard InChI is InChI=1S/C27H32N4O6S/c1-6-30-21-14-8-7-13-20(21)27(26(30)35)22(24(33)25(34)31(27)16-10-15-28(2)3)23(32)18-11-9-12-19(17-18)38(36,37)29(4)5/h7-9,11-14,17,32H,6,10,15-16H2,1-5H3/b23-22-. The molecule has 2 heterocycles. The summed E-state index contributed by atoms with van der Waals surface area (Å²) in [6.07, 6.45) is 0.486. The molecule has 2 aliphatic rings. The Balaban J connectivity index is 2.01. The number of likely N-dealkylation sites (tertiary alicyclic amines) is 1. The molecule has 2 aromatic carbocycles. The van der Waals surface area contributed by atoms with Crippen LogP contribution < -0.4 is 4.90 Å². The molecule has 0 bridgehead atoms. The van der Waals surface area contributed by atoms with Crippen molar-refractivity contribution in [2.75, 3.05) is 52.7 Å². The van der Waals surface area contributed by atoms with Crippen LogP contribution in [-0.2, 0) is 29.9 Å². The summed E-state index contributed by atoms with van der Waals surface area (Å²) in [6, 6.07) is 12.4. The minimum absolute atomic E-state index is 0.0128. The number of aliphatic hydroxyl groups excluding tert-OH is 1. The summed E-state index contributed by atoms with van der Waals surface area (Å²) in [6.45, 7) is 2.79. The number of para-hydroxylation sites is 1.